The van der Waals surface area contributed by atoms with Crippen molar-refractivity contribution in [2.45, 2.75) is 45.0 Å². The first-order valence-corrected chi connectivity index (χ1v) is 10.7. The first-order chi connectivity index (χ1) is 14.3. The van der Waals surface area contributed by atoms with Crippen LogP contribution in [-0.4, -0.2) is 30.4 Å². The molecular weight excluding hydrogens is 402 g/mol. The van der Waals surface area contributed by atoms with Gasteiger partial charge in [-0.15, -0.1) is 0 Å². The minimum atomic E-state index is -0.632. The molecule has 1 unspecified atom stereocenters. The lowest BCUT2D eigenvalue weighted by atomic mass is 9.79. The highest BCUT2D eigenvalue weighted by Gasteiger charge is 2.47. The van der Waals surface area contributed by atoms with E-state index in [1.54, 1.807) is 26.2 Å². The molecule has 1 amide bonds. The van der Waals surface area contributed by atoms with E-state index >= 15 is 0 Å². The third kappa shape index (κ3) is 3.70. The Kier molecular flexibility index (Phi) is 5.55. The molecule has 4 rings (SSSR count). The number of methoxy groups -OCH3 is 1. The molecule has 1 aliphatic carbocycles. The van der Waals surface area contributed by atoms with Gasteiger partial charge in [0.05, 0.1) is 18.2 Å². The number of carbonyl (C=O) groups is 1. The summed E-state index contributed by atoms with van der Waals surface area (Å²) in [5.74, 6) is 0.859. The van der Waals surface area contributed by atoms with Gasteiger partial charge in [-0.25, -0.2) is 0 Å². The monoisotopic (exact) mass is 429 g/mol. The number of halogens is 1. The molecule has 1 aliphatic heterocycles. The predicted octanol–water partition coefficient (Wildman–Crippen LogP) is 4.17. The van der Waals surface area contributed by atoms with Crippen LogP contribution in [-0.2, 0) is 0 Å². The van der Waals surface area contributed by atoms with E-state index in [0.29, 0.717) is 22.3 Å². The molecule has 1 saturated carbocycles. The highest BCUT2D eigenvalue weighted by molar-refractivity contribution is 6.32. The van der Waals surface area contributed by atoms with Crippen LogP contribution < -0.4 is 20.7 Å². The van der Waals surface area contributed by atoms with Crippen LogP contribution >= 0.6 is 11.6 Å². The summed E-state index contributed by atoms with van der Waals surface area (Å²) in [5.41, 5.74) is 8.78. The number of primary amides is 1. The van der Waals surface area contributed by atoms with E-state index in [1.165, 1.54) is 0 Å². The third-order valence-electron chi connectivity index (χ3n) is 6.29. The van der Waals surface area contributed by atoms with Gasteiger partial charge in [0, 0.05) is 35.0 Å². The fourth-order valence-corrected chi connectivity index (χ4v) is 4.96. The van der Waals surface area contributed by atoms with Crippen LogP contribution in [0.4, 0.5) is 11.4 Å². The molecule has 2 aromatic rings. The van der Waals surface area contributed by atoms with Crippen molar-refractivity contribution in [3.63, 3.8) is 0 Å². The number of nitrogens with two attached hydrogens (primary N) is 1. The van der Waals surface area contributed by atoms with Gasteiger partial charge < -0.3 is 25.8 Å². The summed E-state index contributed by atoms with van der Waals surface area (Å²) in [7, 11) is 1.59. The molecular formula is C23H28ClN3O3. The molecule has 1 heterocycles. The van der Waals surface area contributed by atoms with Gasteiger partial charge in [0.15, 0.2) is 0 Å². The van der Waals surface area contributed by atoms with Crippen LogP contribution in [0.5, 0.6) is 5.75 Å². The van der Waals surface area contributed by atoms with E-state index in [-0.39, 0.29) is 18.0 Å². The van der Waals surface area contributed by atoms with Crippen molar-refractivity contribution in [1.29, 1.82) is 0 Å². The summed E-state index contributed by atoms with van der Waals surface area (Å²) >= 11 is 6.19. The Morgan fingerprint density at radius 3 is 2.63 bits per heavy atom. The number of anilines is 2. The molecule has 0 aromatic heterocycles. The van der Waals surface area contributed by atoms with Gasteiger partial charge in [-0.3, -0.25) is 4.79 Å². The van der Waals surface area contributed by atoms with Crippen LogP contribution in [0.25, 0.3) is 0 Å². The maximum atomic E-state index is 11.9. The molecule has 160 valence electrons. The summed E-state index contributed by atoms with van der Waals surface area (Å²) in [6, 6.07) is 11.2. The molecule has 0 saturated heterocycles. The topological polar surface area (TPSA) is 87.8 Å². The number of aliphatic hydroxyl groups excluding tert-OH is 1. The lowest BCUT2D eigenvalue weighted by molar-refractivity contribution is 0.1000. The molecule has 0 spiro atoms. The van der Waals surface area contributed by atoms with Crippen molar-refractivity contribution in [3.05, 3.63) is 52.5 Å². The lowest BCUT2D eigenvalue weighted by Gasteiger charge is -2.48. The number of carbonyl (C=O) groups excluding carboxylic acids is 1. The van der Waals surface area contributed by atoms with E-state index in [1.807, 2.05) is 24.3 Å². The van der Waals surface area contributed by atoms with Crippen LogP contribution in [0.1, 0.15) is 48.7 Å². The largest absolute Gasteiger partial charge is 0.495 e. The summed E-state index contributed by atoms with van der Waals surface area (Å²) < 4.78 is 5.37. The summed E-state index contributed by atoms with van der Waals surface area (Å²) in [6.45, 7) is 3.99. The Balaban J connectivity index is 1.81. The van der Waals surface area contributed by atoms with Crippen molar-refractivity contribution in [3.8, 4) is 5.75 Å². The standard InChI is InChI=1S/C23H28ClN3O3/c1-12-21(26-16-7-8-18(24)20(11-16)30-3)17-10-15(23(25)29)6-9-19(17)27(13(2)28)22(12)14-4-5-14/h6-14,21-22,26,28H,4-5H2,1-3H3,(H2,25,29)/t12-,13?,21-,22-/m1/s1. The quantitative estimate of drug-likeness (QED) is 0.641. The Morgan fingerprint density at radius 2 is 2.03 bits per heavy atom. The maximum absolute atomic E-state index is 11.9. The predicted molar refractivity (Wildman–Crippen MR) is 119 cm³/mol. The molecule has 4 atom stereocenters. The van der Waals surface area contributed by atoms with Crippen LogP contribution in [0.3, 0.4) is 0 Å². The number of rotatable bonds is 6. The molecule has 0 radical (unpaired) electrons. The molecule has 4 N–H and O–H groups in total. The van der Waals surface area contributed by atoms with E-state index in [0.717, 1.165) is 29.8 Å². The maximum Gasteiger partial charge on any atom is 0.248 e. The van der Waals surface area contributed by atoms with E-state index < -0.39 is 12.1 Å². The second-order valence-corrected chi connectivity index (χ2v) is 8.74. The normalized spacial score (nSPS) is 24.2. The summed E-state index contributed by atoms with van der Waals surface area (Å²) in [5, 5.41) is 14.8. The van der Waals surface area contributed by atoms with Crippen LogP contribution in [0, 0.1) is 11.8 Å². The number of nitrogens with one attached hydrogen (secondary N) is 1. The van der Waals surface area contributed by atoms with Crippen molar-refractivity contribution in [2.24, 2.45) is 17.6 Å². The van der Waals surface area contributed by atoms with Gasteiger partial charge >= 0.3 is 0 Å². The fraction of sp³-hybridized carbons (Fsp3) is 0.435. The van der Waals surface area contributed by atoms with Crippen LogP contribution in [0.15, 0.2) is 36.4 Å². The third-order valence-corrected chi connectivity index (χ3v) is 6.60. The molecule has 2 aromatic carbocycles. The lowest BCUT2D eigenvalue weighted by Crippen LogP contribution is -2.52. The number of fused-ring (bicyclic) bond motifs is 1. The molecule has 30 heavy (non-hydrogen) atoms. The average molecular weight is 430 g/mol. The Labute approximate surface area is 182 Å². The van der Waals surface area contributed by atoms with Crippen molar-refractivity contribution >= 4 is 28.9 Å². The number of aliphatic hydroxyl groups is 1. The molecule has 6 nitrogen and oxygen atoms in total. The Hall–Kier alpha value is -2.44. The van der Waals surface area contributed by atoms with Crippen molar-refractivity contribution in [2.75, 3.05) is 17.3 Å². The van der Waals surface area contributed by atoms with Crippen molar-refractivity contribution < 1.29 is 14.6 Å². The first kappa shape index (κ1) is 20.8. The fourth-order valence-electron chi connectivity index (χ4n) is 4.77. The molecule has 0 bridgehead atoms. The zero-order chi connectivity index (χ0) is 21.6. The van der Waals surface area contributed by atoms with Gasteiger partial charge in [-0.2, -0.15) is 0 Å². The van der Waals surface area contributed by atoms with Gasteiger partial charge in [0.25, 0.3) is 0 Å². The first-order valence-electron chi connectivity index (χ1n) is 10.3. The summed E-state index contributed by atoms with van der Waals surface area (Å²) in [6.07, 6.45) is 1.69. The van der Waals surface area contributed by atoms with Gasteiger partial charge in [-0.1, -0.05) is 18.5 Å². The minimum Gasteiger partial charge on any atom is -0.495 e. The SMILES string of the molecule is COc1cc(N[C@H]2c3cc(C(N)=O)ccc3N(C(C)O)[C@@H](C3CC3)[C@@H]2C)ccc1Cl. The molecule has 1 fully saturated rings. The number of nitrogens with zero attached hydrogens (tertiary/aromatic N) is 1. The van der Waals surface area contributed by atoms with Crippen molar-refractivity contribution in [1.82, 2.24) is 0 Å². The number of ether oxygens (including phenoxy) is 1. The second kappa shape index (κ2) is 8.00. The van der Waals surface area contributed by atoms with Gasteiger partial charge in [0.2, 0.25) is 5.91 Å². The Bertz CT molecular complexity index is 961. The summed E-state index contributed by atoms with van der Waals surface area (Å²) in [4.78, 5) is 14.0. The van der Waals surface area contributed by atoms with E-state index in [4.69, 9.17) is 22.1 Å². The molecule has 2 aliphatic rings. The smallest absolute Gasteiger partial charge is 0.248 e. The Morgan fingerprint density at radius 1 is 1.30 bits per heavy atom. The minimum absolute atomic E-state index is 0.0641. The van der Waals surface area contributed by atoms with E-state index in [9.17, 15) is 9.90 Å². The zero-order valence-corrected chi connectivity index (χ0v) is 18.2. The average Bonchev–Trinajstić information content (AvgIpc) is 3.55. The van der Waals surface area contributed by atoms with Gasteiger partial charge in [0.1, 0.15) is 12.0 Å². The highest BCUT2D eigenvalue weighted by Crippen LogP contribution is 2.50. The molecule has 7 heteroatoms. The van der Waals surface area contributed by atoms with E-state index in [2.05, 4.69) is 17.1 Å². The number of hydrogen-bond acceptors (Lipinski definition) is 5. The number of amides is 1. The zero-order valence-electron chi connectivity index (χ0n) is 17.4. The second-order valence-electron chi connectivity index (χ2n) is 8.34. The van der Waals surface area contributed by atoms with Gasteiger partial charge in [-0.05, 0) is 61.6 Å². The highest BCUT2D eigenvalue weighted by atomic mass is 35.5. The number of hydrogen-bond donors (Lipinski definition) is 3. The number of benzene rings is 2. The van der Waals surface area contributed by atoms with Crippen LogP contribution in [0.2, 0.25) is 5.02 Å².